The van der Waals surface area contributed by atoms with Crippen molar-refractivity contribution in [3.8, 4) is 0 Å². The summed E-state index contributed by atoms with van der Waals surface area (Å²) in [6.45, 7) is 8.72. The molecule has 102 valence electrons. The van der Waals surface area contributed by atoms with Gasteiger partial charge in [-0.1, -0.05) is 19.8 Å². The average Bonchev–Trinajstić information content (AvgIpc) is 2.99. The Balaban J connectivity index is 2.01. The molecular weight excluding hydrogens is 222 g/mol. The van der Waals surface area contributed by atoms with Gasteiger partial charge >= 0.3 is 0 Å². The Morgan fingerprint density at radius 2 is 2.11 bits per heavy atom. The lowest BCUT2D eigenvalue weighted by Crippen LogP contribution is -2.39. The van der Waals surface area contributed by atoms with E-state index in [1.807, 2.05) is 6.33 Å². The van der Waals surface area contributed by atoms with E-state index in [0.29, 0.717) is 6.04 Å². The van der Waals surface area contributed by atoms with Crippen LogP contribution >= 0.6 is 0 Å². The zero-order chi connectivity index (χ0) is 13.0. The molecule has 0 bridgehead atoms. The Labute approximate surface area is 111 Å². The molecule has 0 aliphatic heterocycles. The molecule has 1 unspecified atom stereocenters. The van der Waals surface area contributed by atoms with Crippen molar-refractivity contribution >= 4 is 0 Å². The van der Waals surface area contributed by atoms with Gasteiger partial charge in [-0.25, -0.2) is 4.98 Å². The van der Waals surface area contributed by atoms with Crippen LogP contribution in [0.25, 0.3) is 0 Å². The van der Waals surface area contributed by atoms with E-state index < -0.39 is 0 Å². The van der Waals surface area contributed by atoms with Crippen molar-refractivity contribution in [1.29, 1.82) is 0 Å². The fraction of sp³-hybridized carbons (Fsp3) is 0.800. The summed E-state index contributed by atoms with van der Waals surface area (Å²) in [5.74, 6) is 0.860. The lowest BCUT2D eigenvalue weighted by Gasteiger charge is -2.25. The molecule has 1 N–H and O–H groups in total. The molecular formula is C15H27N3. The number of rotatable bonds is 6. The first-order valence-electron chi connectivity index (χ1n) is 7.44. The number of imidazole rings is 1. The highest BCUT2D eigenvalue weighted by Gasteiger charge is 2.25. The van der Waals surface area contributed by atoms with Crippen LogP contribution in [0, 0.1) is 19.8 Å². The van der Waals surface area contributed by atoms with Crippen LogP contribution in [0.3, 0.4) is 0 Å². The molecule has 1 fully saturated rings. The van der Waals surface area contributed by atoms with Gasteiger partial charge in [0.25, 0.3) is 0 Å². The first kappa shape index (κ1) is 13.6. The minimum absolute atomic E-state index is 0.625. The number of hydrogen-bond acceptors (Lipinski definition) is 2. The highest BCUT2D eigenvalue weighted by atomic mass is 15.1. The molecule has 0 radical (unpaired) electrons. The van der Waals surface area contributed by atoms with Crippen molar-refractivity contribution in [2.45, 2.75) is 65.5 Å². The van der Waals surface area contributed by atoms with Crippen LogP contribution in [0.1, 0.15) is 50.4 Å². The minimum Gasteiger partial charge on any atom is -0.333 e. The van der Waals surface area contributed by atoms with Crippen LogP contribution in [-0.4, -0.2) is 22.1 Å². The van der Waals surface area contributed by atoms with Crippen molar-refractivity contribution in [3.05, 3.63) is 17.7 Å². The average molecular weight is 249 g/mol. The summed E-state index contributed by atoms with van der Waals surface area (Å²) in [5, 5.41) is 3.75. The second kappa shape index (κ2) is 6.37. The molecule has 3 nitrogen and oxygen atoms in total. The van der Waals surface area contributed by atoms with Crippen molar-refractivity contribution in [2.24, 2.45) is 5.92 Å². The van der Waals surface area contributed by atoms with E-state index in [9.17, 15) is 0 Å². The number of hydrogen-bond donors (Lipinski definition) is 1. The molecule has 1 aromatic rings. The van der Waals surface area contributed by atoms with Crippen LogP contribution in [0.4, 0.5) is 0 Å². The second-order valence-corrected chi connectivity index (χ2v) is 5.67. The van der Waals surface area contributed by atoms with Crippen molar-refractivity contribution in [1.82, 2.24) is 14.9 Å². The first-order chi connectivity index (χ1) is 8.72. The molecule has 18 heavy (non-hydrogen) atoms. The molecule has 0 saturated heterocycles. The van der Waals surface area contributed by atoms with E-state index in [1.165, 1.54) is 37.8 Å². The largest absolute Gasteiger partial charge is 0.333 e. The van der Waals surface area contributed by atoms with Gasteiger partial charge in [0, 0.05) is 18.3 Å². The maximum atomic E-state index is 4.41. The predicted octanol–water partition coefficient (Wildman–Crippen LogP) is 3.06. The van der Waals surface area contributed by atoms with Crippen LogP contribution < -0.4 is 5.32 Å². The van der Waals surface area contributed by atoms with Crippen LogP contribution in [0.2, 0.25) is 0 Å². The third-order valence-corrected chi connectivity index (χ3v) is 4.36. The van der Waals surface area contributed by atoms with Crippen LogP contribution in [0.15, 0.2) is 6.33 Å². The van der Waals surface area contributed by atoms with E-state index in [4.69, 9.17) is 0 Å². The van der Waals surface area contributed by atoms with E-state index in [-0.39, 0.29) is 0 Å². The quantitative estimate of drug-likeness (QED) is 0.839. The molecule has 1 aliphatic carbocycles. The molecule has 1 heterocycles. The van der Waals surface area contributed by atoms with Gasteiger partial charge in [0.1, 0.15) is 0 Å². The summed E-state index contributed by atoms with van der Waals surface area (Å²) in [7, 11) is 0. The number of aromatic nitrogens is 2. The van der Waals surface area contributed by atoms with Crippen LogP contribution in [-0.2, 0) is 6.54 Å². The predicted molar refractivity (Wildman–Crippen MR) is 75.7 cm³/mol. The fourth-order valence-electron chi connectivity index (χ4n) is 3.01. The van der Waals surface area contributed by atoms with E-state index in [2.05, 4.69) is 35.6 Å². The third-order valence-electron chi connectivity index (χ3n) is 4.36. The number of nitrogens with zero attached hydrogens (tertiary/aromatic N) is 2. The molecule has 3 heteroatoms. The Bertz CT molecular complexity index is 364. The molecule has 0 aromatic carbocycles. The summed E-state index contributed by atoms with van der Waals surface area (Å²) in [5.41, 5.74) is 2.48. The standard InChI is InChI=1S/C15H27N3/c1-4-9-16-15(14-7-5-6-8-14)10-18-11-17-12(2)13(18)3/h11,14-16H,4-10H2,1-3H3. The lowest BCUT2D eigenvalue weighted by molar-refractivity contribution is 0.321. The smallest absolute Gasteiger partial charge is 0.0951 e. The minimum atomic E-state index is 0.625. The van der Waals surface area contributed by atoms with E-state index in [1.54, 1.807) is 0 Å². The van der Waals surface area contributed by atoms with Gasteiger partial charge in [-0.2, -0.15) is 0 Å². The van der Waals surface area contributed by atoms with E-state index >= 15 is 0 Å². The summed E-state index contributed by atoms with van der Waals surface area (Å²) in [6.07, 6.45) is 8.83. The third kappa shape index (κ3) is 3.14. The highest BCUT2D eigenvalue weighted by Crippen LogP contribution is 2.28. The number of aryl methyl sites for hydroxylation is 1. The van der Waals surface area contributed by atoms with E-state index in [0.717, 1.165) is 24.7 Å². The van der Waals surface area contributed by atoms with Gasteiger partial charge in [0.15, 0.2) is 0 Å². The van der Waals surface area contributed by atoms with Gasteiger partial charge in [-0.05, 0) is 45.6 Å². The van der Waals surface area contributed by atoms with Gasteiger partial charge in [-0.3, -0.25) is 0 Å². The van der Waals surface area contributed by atoms with Gasteiger partial charge in [-0.15, -0.1) is 0 Å². The topological polar surface area (TPSA) is 29.9 Å². The second-order valence-electron chi connectivity index (χ2n) is 5.67. The highest BCUT2D eigenvalue weighted by molar-refractivity contribution is 5.08. The molecule has 1 saturated carbocycles. The van der Waals surface area contributed by atoms with Crippen molar-refractivity contribution in [3.63, 3.8) is 0 Å². The Hall–Kier alpha value is -0.830. The fourth-order valence-corrected chi connectivity index (χ4v) is 3.01. The lowest BCUT2D eigenvalue weighted by atomic mass is 9.97. The molecule has 1 aromatic heterocycles. The Morgan fingerprint density at radius 1 is 1.39 bits per heavy atom. The zero-order valence-corrected chi connectivity index (χ0v) is 12.1. The normalized spacial score (nSPS) is 18.4. The van der Waals surface area contributed by atoms with Crippen LogP contribution in [0.5, 0.6) is 0 Å². The summed E-state index contributed by atoms with van der Waals surface area (Å²) >= 11 is 0. The number of nitrogens with one attached hydrogen (secondary N) is 1. The zero-order valence-electron chi connectivity index (χ0n) is 12.1. The van der Waals surface area contributed by atoms with Gasteiger partial charge in [0.2, 0.25) is 0 Å². The molecule has 1 aliphatic rings. The molecule has 1 atom stereocenters. The molecule has 2 rings (SSSR count). The SMILES string of the molecule is CCCNC(Cn1cnc(C)c1C)C1CCCC1. The molecule has 0 spiro atoms. The monoisotopic (exact) mass is 249 g/mol. The summed E-state index contributed by atoms with van der Waals surface area (Å²) < 4.78 is 2.32. The maximum absolute atomic E-state index is 4.41. The van der Waals surface area contributed by atoms with Crippen molar-refractivity contribution < 1.29 is 0 Å². The van der Waals surface area contributed by atoms with Gasteiger partial charge in [0.05, 0.1) is 12.0 Å². The maximum Gasteiger partial charge on any atom is 0.0951 e. The first-order valence-corrected chi connectivity index (χ1v) is 7.44. The Kier molecular flexibility index (Phi) is 4.81. The Morgan fingerprint density at radius 3 is 2.67 bits per heavy atom. The summed E-state index contributed by atoms with van der Waals surface area (Å²) in [6, 6.07) is 0.625. The van der Waals surface area contributed by atoms with Crippen molar-refractivity contribution in [2.75, 3.05) is 6.54 Å². The summed E-state index contributed by atoms with van der Waals surface area (Å²) in [4.78, 5) is 4.41. The molecule has 0 amide bonds. The van der Waals surface area contributed by atoms with Gasteiger partial charge < -0.3 is 9.88 Å².